The second-order valence-corrected chi connectivity index (χ2v) is 3.69. The topological polar surface area (TPSA) is 72.5 Å². The van der Waals surface area contributed by atoms with Gasteiger partial charge in [-0.2, -0.15) is 0 Å². The third kappa shape index (κ3) is 3.90. The molecule has 0 aliphatic heterocycles. The molecule has 0 heterocycles. The van der Waals surface area contributed by atoms with Gasteiger partial charge in [-0.15, -0.1) is 0 Å². The number of carboxylic acids is 1. The van der Waals surface area contributed by atoms with Crippen LogP contribution in [0.5, 0.6) is 5.75 Å². The van der Waals surface area contributed by atoms with Crippen molar-refractivity contribution in [3.05, 3.63) is 29.8 Å². The highest BCUT2D eigenvalue weighted by molar-refractivity contribution is 5.72. The number of carboxylic acid groups (broad SMARTS) is 1. The van der Waals surface area contributed by atoms with E-state index in [2.05, 4.69) is 0 Å². The Morgan fingerprint density at radius 1 is 1.44 bits per heavy atom. The maximum atomic E-state index is 10.9. The lowest BCUT2D eigenvalue weighted by Crippen LogP contribution is -2.27. The average Bonchev–Trinajstić information content (AvgIpc) is 2.26. The highest BCUT2D eigenvalue weighted by atomic mass is 16.5. The van der Waals surface area contributed by atoms with E-state index in [0.29, 0.717) is 25.1 Å². The van der Waals surface area contributed by atoms with Crippen LogP contribution < -0.4 is 10.5 Å². The number of rotatable bonds is 6. The maximum Gasteiger partial charge on any atom is 0.344 e. The minimum Gasteiger partial charge on any atom is -0.479 e. The zero-order chi connectivity index (χ0) is 12.0. The minimum atomic E-state index is -0.950. The number of nitrogens with two attached hydrogens (primary N) is 1. The fourth-order valence-corrected chi connectivity index (χ4v) is 1.32. The third-order valence-corrected chi connectivity index (χ3v) is 2.25. The molecule has 1 unspecified atom stereocenters. The van der Waals surface area contributed by atoms with E-state index in [1.165, 1.54) is 0 Å². The Labute approximate surface area is 95.0 Å². The Hall–Kier alpha value is -1.55. The summed E-state index contributed by atoms with van der Waals surface area (Å²) >= 11 is 0. The van der Waals surface area contributed by atoms with Crippen molar-refractivity contribution in [1.29, 1.82) is 0 Å². The van der Waals surface area contributed by atoms with E-state index >= 15 is 0 Å². The lowest BCUT2D eigenvalue weighted by Gasteiger charge is -2.14. The summed E-state index contributed by atoms with van der Waals surface area (Å²) in [7, 11) is 0. The summed E-state index contributed by atoms with van der Waals surface area (Å²) in [5.41, 5.74) is 6.45. The molecule has 1 aromatic carbocycles. The summed E-state index contributed by atoms with van der Waals surface area (Å²) in [5, 5.41) is 8.95. The van der Waals surface area contributed by atoms with E-state index < -0.39 is 12.1 Å². The Morgan fingerprint density at radius 2 is 2.06 bits per heavy atom. The van der Waals surface area contributed by atoms with Gasteiger partial charge in [-0.3, -0.25) is 0 Å². The van der Waals surface area contributed by atoms with Crippen molar-refractivity contribution in [2.24, 2.45) is 5.73 Å². The van der Waals surface area contributed by atoms with Gasteiger partial charge in [-0.25, -0.2) is 4.79 Å². The zero-order valence-electron chi connectivity index (χ0n) is 9.35. The van der Waals surface area contributed by atoms with E-state index in [9.17, 15) is 4.79 Å². The van der Waals surface area contributed by atoms with Gasteiger partial charge >= 0.3 is 5.97 Å². The number of benzene rings is 1. The first-order valence-electron chi connectivity index (χ1n) is 5.29. The van der Waals surface area contributed by atoms with Crippen LogP contribution in [0.4, 0.5) is 0 Å². The molecule has 0 saturated heterocycles. The van der Waals surface area contributed by atoms with Crippen LogP contribution in [0.3, 0.4) is 0 Å². The molecule has 0 aromatic heterocycles. The summed E-state index contributed by atoms with van der Waals surface area (Å²) in [6.45, 7) is 2.44. The molecule has 4 heteroatoms. The lowest BCUT2D eigenvalue weighted by molar-refractivity contribution is -0.145. The number of aliphatic carboxylic acids is 1. The van der Waals surface area contributed by atoms with E-state index in [1.807, 2.05) is 19.1 Å². The van der Waals surface area contributed by atoms with Crippen LogP contribution in [0.1, 0.15) is 18.4 Å². The predicted octanol–water partition coefficient (Wildman–Crippen LogP) is 1.57. The number of hydrogen-bond donors (Lipinski definition) is 2. The molecule has 0 saturated carbocycles. The summed E-state index contributed by atoms with van der Waals surface area (Å²) < 4.78 is 5.38. The highest BCUT2D eigenvalue weighted by Crippen LogP contribution is 2.15. The Morgan fingerprint density at radius 3 is 2.56 bits per heavy atom. The van der Waals surface area contributed by atoms with Gasteiger partial charge in [0.1, 0.15) is 5.75 Å². The monoisotopic (exact) mass is 223 g/mol. The summed E-state index contributed by atoms with van der Waals surface area (Å²) in [6.07, 6.45) is 0.258. The normalized spacial score (nSPS) is 12.1. The van der Waals surface area contributed by atoms with Gasteiger partial charge in [0.2, 0.25) is 0 Å². The fourth-order valence-electron chi connectivity index (χ4n) is 1.32. The van der Waals surface area contributed by atoms with Crippen LogP contribution in [0.2, 0.25) is 0 Å². The van der Waals surface area contributed by atoms with E-state index in [-0.39, 0.29) is 0 Å². The van der Waals surface area contributed by atoms with Gasteiger partial charge in [0.25, 0.3) is 0 Å². The first kappa shape index (κ1) is 12.5. The van der Waals surface area contributed by atoms with Crippen molar-refractivity contribution in [1.82, 2.24) is 0 Å². The van der Waals surface area contributed by atoms with Crippen molar-refractivity contribution < 1.29 is 14.6 Å². The lowest BCUT2D eigenvalue weighted by atomic mass is 10.2. The molecule has 1 aromatic rings. The largest absolute Gasteiger partial charge is 0.479 e. The average molecular weight is 223 g/mol. The summed E-state index contributed by atoms with van der Waals surface area (Å²) in [4.78, 5) is 10.9. The number of ether oxygens (including phenoxy) is 1. The van der Waals surface area contributed by atoms with Gasteiger partial charge in [0.05, 0.1) is 0 Å². The minimum absolute atomic E-state index is 0.430. The first-order valence-corrected chi connectivity index (χ1v) is 5.29. The molecule has 0 fully saturated rings. The van der Waals surface area contributed by atoms with E-state index in [1.54, 1.807) is 12.1 Å². The van der Waals surface area contributed by atoms with Crippen molar-refractivity contribution in [3.63, 3.8) is 0 Å². The molecule has 1 rings (SSSR count). The van der Waals surface area contributed by atoms with E-state index in [0.717, 1.165) is 5.56 Å². The van der Waals surface area contributed by atoms with Gasteiger partial charge in [-0.1, -0.05) is 17.7 Å². The molecule has 88 valence electrons. The molecule has 16 heavy (non-hydrogen) atoms. The van der Waals surface area contributed by atoms with Crippen molar-refractivity contribution in [2.45, 2.75) is 25.9 Å². The molecule has 1 atom stereocenters. The van der Waals surface area contributed by atoms with Gasteiger partial charge < -0.3 is 15.6 Å². The van der Waals surface area contributed by atoms with Crippen LogP contribution in [0, 0.1) is 6.92 Å². The quantitative estimate of drug-likeness (QED) is 0.767. The highest BCUT2D eigenvalue weighted by Gasteiger charge is 2.18. The fraction of sp³-hybridized carbons (Fsp3) is 0.417. The molecule has 0 radical (unpaired) electrons. The molecule has 0 bridgehead atoms. The van der Waals surface area contributed by atoms with Crippen molar-refractivity contribution >= 4 is 5.97 Å². The molecule has 0 spiro atoms. The Bertz CT molecular complexity index is 335. The molecule has 3 N–H and O–H groups in total. The van der Waals surface area contributed by atoms with Crippen LogP contribution >= 0.6 is 0 Å². The van der Waals surface area contributed by atoms with Crippen LogP contribution in [0.15, 0.2) is 24.3 Å². The standard InChI is InChI=1S/C12H17NO3/c1-9-4-6-10(7-5-9)16-11(12(14)15)3-2-8-13/h4-7,11H,2-3,8,13H2,1H3,(H,14,15). The van der Waals surface area contributed by atoms with Crippen LogP contribution in [-0.2, 0) is 4.79 Å². The maximum absolute atomic E-state index is 10.9. The molecule has 4 nitrogen and oxygen atoms in total. The van der Waals surface area contributed by atoms with Gasteiger partial charge in [0.15, 0.2) is 6.10 Å². The Kier molecular flexibility index (Phi) is 4.79. The van der Waals surface area contributed by atoms with Crippen LogP contribution in [-0.4, -0.2) is 23.7 Å². The van der Waals surface area contributed by atoms with Gasteiger partial charge in [-0.05, 0) is 38.4 Å². The second kappa shape index (κ2) is 6.12. The second-order valence-electron chi connectivity index (χ2n) is 3.69. The van der Waals surface area contributed by atoms with Crippen molar-refractivity contribution in [2.75, 3.05) is 6.54 Å². The predicted molar refractivity (Wildman–Crippen MR) is 61.5 cm³/mol. The molecule has 0 aliphatic carbocycles. The molecular weight excluding hydrogens is 206 g/mol. The Balaban J connectivity index is 2.60. The number of aryl methyl sites for hydroxylation is 1. The summed E-state index contributed by atoms with van der Waals surface area (Å²) in [5.74, 6) is -0.371. The molecule has 0 aliphatic rings. The third-order valence-electron chi connectivity index (χ3n) is 2.25. The number of carbonyl (C=O) groups is 1. The SMILES string of the molecule is Cc1ccc(OC(CCCN)C(=O)O)cc1. The number of hydrogen-bond acceptors (Lipinski definition) is 3. The van der Waals surface area contributed by atoms with Gasteiger partial charge in [0, 0.05) is 0 Å². The van der Waals surface area contributed by atoms with Crippen molar-refractivity contribution in [3.8, 4) is 5.75 Å². The zero-order valence-corrected chi connectivity index (χ0v) is 9.35. The molecule has 0 amide bonds. The van der Waals surface area contributed by atoms with Crippen LogP contribution in [0.25, 0.3) is 0 Å². The van der Waals surface area contributed by atoms with E-state index in [4.69, 9.17) is 15.6 Å². The molecular formula is C12H17NO3. The summed E-state index contributed by atoms with van der Waals surface area (Å²) in [6, 6.07) is 7.32. The first-order chi connectivity index (χ1) is 7.63. The smallest absolute Gasteiger partial charge is 0.344 e.